The number of allylic oxidation sites excluding steroid dienone is 2. The minimum absolute atomic E-state index is 0.928. The molecule has 1 atom stereocenters. The zero-order valence-corrected chi connectivity index (χ0v) is 9.79. The molecule has 1 aliphatic carbocycles. The highest BCUT2D eigenvalue weighted by molar-refractivity contribution is 5.68. The van der Waals surface area contributed by atoms with Crippen LogP contribution in [0.25, 0.3) is 5.57 Å². The highest BCUT2D eigenvalue weighted by Crippen LogP contribution is 2.32. The van der Waals surface area contributed by atoms with Crippen LogP contribution in [0.2, 0.25) is 0 Å². The van der Waals surface area contributed by atoms with Crippen molar-refractivity contribution >= 4 is 5.57 Å². The van der Waals surface area contributed by atoms with E-state index in [1.165, 1.54) is 36.8 Å². The van der Waals surface area contributed by atoms with Crippen LogP contribution >= 0.6 is 0 Å². The van der Waals surface area contributed by atoms with E-state index in [2.05, 4.69) is 44.2 Å². The molecule has 0 amide bonds. The molecule has 1 aromatic carbocycles. The summed E-state index contributed by atoms with van der Waals surface area (Å²) in [5, 5.41) is 0. The molecule has 0 aromatic heterocycles. The quantitative estimate of drug-likeness (QED) is 0.655. The first-order chi connectivity index (χ1) is 7.31. The summed E-state index contributed by atoms with van der Waals surface area (Å²) in [4.78, 5) is 0. The summed E-state index contributed by atoms with van der Waals surface area (Å²) in [7, 11) is 0. The average molecular weight is 200 g/mol. The molecule has 0 bridgehead atoms. The van der Waals surface area contributed by atoms with Crippen LogP contribution in [0.1, 0.15) is 43.7 Å². The van der Waals surface area contributed by atoms with E-state index < -0.39 is 0 Å². The Bertz CT molecular complexity index is 360. The van der Waals surface area contributed by atoms with Crippen LogP contribution in [0.3, 0.4) is 0 Å². The maximum atomic E-state index is 2.46. The van der Waals surface area contributed by atoms with Crippen molar-refractivity contribution in [2.75, 3.05) is 0 Å². The fourth-order valence-electron chi connectivity index (χ4n) is 2.44. The molecule has 1 aliphatic rings. The number of hydrogen-bond donors (Lipinski definition) is 0. The van der Waals surface area contributed by atoms with Gasteiger partial charge < -0.3 is 0 Å². The summed E-state index contributed by atoms with van der Waals surface area (Å²) in [5.41, 5.74) is 4.45. The Morgan fingerprint density at radius 2 is 2.07 bits per heavy atom. The lowest BCUT2D eigenvalue weighted by atomic mass is 9.84. The summed E-state index contributed by atoms with van der Waals surface area (Å²) in [6.45, 7) is 4.51. The van der Waals surface area contributed by atoms with Gasteiger partial charge in [0, 0.05) is 0 Å². The van der Waals surface area contributed by atoms with Gasteiger partial charge in [0.1, 0.15) is 0 Å². The molecule has 0 nitrogen and oxygen atoms in total. The molecule has 1 unspecified atom stereocenters. The van der Waals surface area contributed by atoms with Gasteiger partial charge in [-0.1, -0.05) is 43.7 Å². The second kappa shape index (κ2) is 4.65. The van der Waals surface area contributed by atoms with Crippen molar-refractivity contribution in [3.63, 3.8) is 0 Å². The zero-order chi connectivity index (χ0) is 10.7. The first-order valence-corrected chi connectivity index (χ1v) is 6.06. The summed E-state index contributed by atoms with van der Waals surface area (Å²) < 4.78 is 0. The molecule has 0 aliphatic heterocycles. The largest absolute Gasteiger partial charge is 0.0804 e. The van der Waals surface area contributed by atoms with Gasteiger partial charge in [-0.15, -0.1) is 0 Å². The average Bonchev–Trinajstić information content (AvgIpc) is 2.30. The van der Waals surface area contributed by atoms with Crippen LogP contribution in [0.5, 0.6) is 0 Å². The van der Waals surface area contributed by atoms with E-state index in [4.69, 9.17) is 0 Å². The minimum atomic E-state index is 0.928. The third-order valence-corrected chi connectivity index (χ3v) is 3.59. The molecule has 0 radical (unpaired) electrons. The maximum absolute atomic E-state index is 2.46. The van der Waals surface area contributed by atoms with E-state index in [0.717, 1.165) is 5.92 Å². The molecule has 0 heterocycles. The summed E-state index contributed by atoms with van der Waals surface area (Å²) >= 11 is 0. The van der Waals surface area contributed by atoms with E-state index in [0.29, 0.717) is 0 Å². The number of aryl methyl sites for hydroxylation is 1. The summed E-state index contributed by atoms with van der Waals surface area (Å²) in [6.07, 6.45) is 7.71. The van der Waals surface area contributed by atoms with Gasteiger partial charge in [-0.2, -0.15) is 0 Å². The molecule has 0 spiro atoms. The standard InChI is InChI=1S/C15H20/c1-3-13-8-10-14(11-9-13)15-7-5-4-6-12(15)2/h4-7,10,13H,3,8-9,11H2,1-2H3. The fourth-order valence-corrected chi connectivity index (χ4v) is 2.44. The van der Waals surface area contributed by atoms with E-state index >= 15 is 0 Å². The van der Waals surface area contributed by atoms with Crippen molar-refractivity contribution in [3.8, 4) is 0 Å². The Labute approximate surface area is 93.0 Å². The van der Waals surface area contributed by atoms with Crippen molar-refractivity contribution < 1.29 is 0 Å². The second-order valence-electron chi connectivity index (χ2n) is 4.59. The number of rotatable bonds is 2. The van der Waals surface area contributed by atoms with Crippen LogP contribution in [-0.2, 0) is 0 Å². The molecular formula is C15H20. The van der Waals surface area contributed by atoms with Crippen LogP contribution in [0.15, 0.2) is 30.3 Å². The highest BCUT2D eigenvalue weighted by Gasteiger charge is 2.14. The fraction of sp³-hybridized carbons (Fsp3) is 0.467. The van der Waals surface area contributed by atoms with Gasteiger partial charge in [0.25, 0.3) is 0 Å². The minimum Gasteiger partial charge on any atom is -0.0804 e. The van der Waals surface area contributed by atoms with Crippen molar-refractivity contribution in [2.45, 2.75) is 39.5 Å². The molecule has 15 heavy (non-hydrogen) atoms. The third kappa shape index (κ3) is 2.31. The third-order valence-electron chi connectivity index (χ3n) is 3.59. The number of hydrogen-bond acceptors (Lipinski definition) is 0. The Kier molecular flexibility index (Phi) is 3.25. The molecule has 2 rings (SSSR count). The topological polar surface area (TPSA) is 0 Å². The summed E-state index contributed by atoms with van der Waals surface area (Å²) in [5.74, 6) is 0.928. The predicted octanol–water partition coefficient (Wildman–Crippen LogP) is 4.59. The maximum Gasteiger partial charge on any atom is -0.0198 e. The van der Waals surface area contributed by atoms with Gasteiger partial charge in [-0.3, -0.25) is 0 Å². The van der Waals surface area contributed by atoms with Gasteiger partial charge in [0.15, 0.2) is 0 Å². The van der Waals surface area contributed by atoms with Crippen molar-refractivity contribution in [3.05, 3.63) is 41.5 Å². The molecule has 0 saturated heterocycles. The van der Waals surface area contributed by atoms with Gasteiger partial charge in [0.2, 0.25) is 0 Å². The monoisotopic (exact) mass is 200 g/mol. The van der Waals surface area contributed by atoms with Gasteiger partial charge in [-0.05, 0) is 48.8 Å². The molecule has 0 saturated carbocycles. The lowest BCUT2D eigenvalue weighted by Crippen LogP contribution is -2.04. The van der Waals surface area contributed by atoms with Crippen LogP contribution < -0.4 is 0 Å². The molecule has 0 heteroatoms. The second-order valence-corrected chi connectivity index (χ2v) is 4.59. The Hall–Kier alpha value is -1.04. The first kappa shape index (κ1) is 10.5. The molecular weight excluding hydrogens is 180 g/mol. The smallest absolute Gasteiger partial charge is 0.0198 e. The predicted molar refractivity (Wildman–Crippen MR) is 66.8 cm³/mol. The summed E-state index contributed by atoms with van der Waals surface area (Å²) in [6, 6.07) is 8.74. The Morgan fingerprint density at radius 3 is 2.67 bits per heavy atom. The lowest BCUT2D eigenvalue weighted by Gasteiger charge is -2.21. The van der Waals surface area contributed by atoms with Crippen molar-refractivity contribution in [1.82, 2.24) is 0 Å². The van der Waals surface area contributed by atoms with Gasteiger partial charge >= 0.3 is 0 Å². The van der Waals surface area contributed by atoms with Crippen molar-refractivity contribution in [2.24, 2.45) is 5.92 Å². The number of benzene rings is 1. The molecule has 1 aromatic rings. The van der Waals surface area contributed by atoms with Gasteiger partial charge in [0.05, 0.1) is 0 Å². The van der Waals surface area contributed by atoms with E-state index in [9.17, 15) is 0 Å². The van der Waals surface area contributed by atoms with Gasteiger partial charge in [-0.25, -0.2) is 0 Å². The molecule has 0 fully saturated rings. The van der Waals surface area contributed by atoms with Crippen LogP contribution in [-0.4, -0.2) is 0 Å². The van der Waals surface area contributed by atoms with E-state index in [1.54, 1.807) is 5.57 Å². The normalized spacial score (nSPS) is 21.2. The van der Waals surface area contributed by atoms with Crippen LogP contribution in [0.4, 0.5) is 0 Å². The Morgan fingerprint density at radius 1 is 1.27 bits per heavy atom. The van der Waals surface area contributed by atoms with Crippen LogP contribution in [0, 0.1) is 12.8 Å². The van der Waals surface area contributed by atoms with E-state index in [1.807, 2.05) is 0 Å². The first-order valence-electron chi connectivity index (χ1n) is 6.06. The SMILES string of the molecule is CCC1CC=C(c2ccccc2C)CC1. The van der Waals surface area contributed by atoms with E-state index in [-0.39, 0.29) is 0 Å². The van der Waals surface area contributed by atoms with Crippen molar-refractivity contribution in [1.29, 1.82) is 0 Å². The molecule has 80 valence electrons. The lowest BCUT2D eigenvalue weighted by molar-refractivity contribution is 0.470. The molecule has 0 N–H and O–H groups in total. The Balaban J connectivity index is 2.19. The zero-order valence-electron chi connectivity index (χ0n) is 9.79. The highest BCUT2D eigenvalue weighted by atomic mass is 14.2.